The number of nitro groups is 1. The first-order valence-corrected chi connectivity index (χ1v) is 6.26. The van der Waals surface area contributed by atoms with Crippen LogP contribution < -0.4 is 5.32 Å². The molecule has 8 nitrogen and oxygen atoms in total. The number of benzene rings is 1. The molecule has 0 spiro atoms. The standard InChI is InChI=1S/C13H17N3O5/c1-9(12(17)18)8-15(2)13(19)14-7-10-4-3-5-11(6-10)16(20)21/h3-6,9H,7-8H2,1-2H3,(H,14,19)(H,17,18). The molecule has 1 aromatic carbocycles. The summed E-state index contributed by atoms with van der Waals surface area (Å²) in [5.41, 5.74) is 0.548. The fourth-order valence-electron chi connectivity index (χ4n) is 1.66. The Balaban J connectivity index is 2.54. The van der Waals surface area contributed by atoms with Crippen molar-refractivity contribution in [2.24, 2.45) is 5.92 Å². The van der Waals surface area contributed by atoms with Crippen molar-refractivity contribution < 1.29 is 19.6 Å². The summed E-state index contributed by atoms with van der Waals surface area (Å²) in [5.74, 6) is -1.65. The lowest BCUT2D eigenvalue weighted by Gasteiger charge is -2.20. The molecular weight excluding hydrogens is 278 g/mol. The van der Waals surface area contributed by atoms with E-state index in [1.54, 1.807) is 6.07 Å². The molecule has 8 heteroatoms. The number of nitrogens with one attached hydrogen (secondary N) is 1. The molecule has 1 unspecified atom stereocenters. The van der Waals surface area contributed by atoms with E-state index in [0.717, 1.165) is 0 Å². The molecule has 0 aliphatic rings. The lowest BCUT2D eigenvalue weighted by molar-refractivity contribution is -0.384. The molecule has 0 aromatic heterocycles. The van der Waals surface area contributed by atoms with E-state index in [1.807, 2.05) is 0 Å². The molecule has 0 aliphatic heterocycles. The molecule has 0 radical (unpaired) electrons. The molecule has 1 aromatic rings. The predicted octanol–water partition coefficient (Wildman–Crippen LogP) is 1.46. The van der Waals surface area contributed by atoms with Crippen LogP contribution in [0, 0.1) is 16.0 Å². The van der Waals surface area contributed by atoms with E-state index in [2.05, 4.69) is 5.32 Å². The van der Waals surface area contributed by atoms with Crippen LogP contribution in [0.2, 0.25) is 0 Å². The van der Waals surface area contributed by atoms with Crippen LogP contribution in [0.4, 0.5) is 10.5 Å². The number of aliphatic carboxylic acids is 1. The molecule has 0 aliphatic carbocycles. The number of rotatable bonds is 6. The number of carbonyl (C=O) groups excluding carboxylic acids is 1. The number of non-ortho nitro benzene ring substituents is 1. The summed E-state index contributed by atoms with van der Waals surface area (Å²) >= 11 is 0. The number of hydrogen-bond acceptors (Lipinski definition) is 4. The molecule has 0 heterocycles. The third-order valence-corrected chi connectivity index (χ3v) is 2.88. The summed E-state index contributed by atoms with van der Waals surface area (Å²) in [6.45, 7) is 1.72. The van der Waals surface area contributed by atoms with E-state index in [-0.39, 0.29) is 18.8 Å². The molecule has 0 saturated heterocycles. The highest BCUT2D eigenvalue weighted by Gasteiger charge is 2.17. The average Bonchev–Trinajstić information content (AvgIpc) is 2.44. The second kappa shape index (κ2) is 7.22. The van der Waals surface area contributed by atoms with Gasteiger partial charge in [0.15, 0.2) is 0 Å². The van der Waals surface area contributed by atoms with E-state index in [9.17, 15) is 19.7 Å². The van der Waals surface area contributed by atoms with Crippen LogP contribution in [0.15, 0.2) is 24.3 Å². The zero-order chi connectivity index (χ0) is 16.0. The van der Waals surface area contributed by atoms with Gasteiger partial charge in [-0.1, -0.05) is 19.1 Å². The average molecular weight is 295 g/mol. The van der Waals surface area contributed by atoms with Gasteiger partial charge in [0.2, 0.25) is 0 Å². The molecule has 0 saturated carbocycles. The number of carboxylic acid groups (broad SMARTS) is 1. The molecule has 2 N–H and O–H groups in total. The van der Waals surface area contributed by atoms with E-state index in [4.69, 9.17) is 5.11 Å². The first-order chi connectivity index (χ1) is 9.81. The molecule has 1 rings (SSSR count). The van der Waals surface area contributed by atoms with Gasteiger partial charge in [-0.2, -0.15) is 0 Å². The maximum Gasteiger partial charge on any atom is 0.317 e. The van der Waals surface area contributed by atoms with Gasteiger partial charge in [0.25, 0.3) is 5.69 Å². The van der Waals surface area contributed by atoms with Crippen LogP contribution in [-0.2, 0) is 11.3 Å². The molecule has 21 heavy (non-hydrogen) atoms. The summed E-state index contributed by atoms with van der Waals surface area (Å²) in [7, 11) is 1.49. The van der Waals surface area contributed by atoms with E-state index >= 15 is 0 Å². The van der Waals surface area contributed by atoms with Gasteiger partial charge in [0.05, 0.1) is 10.8 Å². The number of carbonyl (C=O) groups is 2. The SMILES string of the molecule is CC(CN(C)C(=O)NCc1cccc([N+](=O)[O-])c1)C(=O)O. The van der Waals surface area contributed by atoms with Gasteiger partial charge in [-0.3, -0.25) is 14.9 Å². The normalized spacial score (nSPS) is 11.5. The van der Waals surface area contributed by atoms with Gasteiger partial charge in [-0.25, -0.2) is 4.79 Å². The van der Waals surface area contributed by atoms with Gasteiger partial charge in [0.1, 0.15) is 0 Å². The number of nitrogens with zero attached hydrogens (tertiary/aromatic N) is 2. The Labute approximate surface area is 121 Å². The summed E-state index contributed by atoms with van der Waals surface area (Å²) in [4.78, 5) is 33.9. The van der Waals surface area contributed by atoms with Crippen LogP contribution in [0.5, 0.6) is 0 Å². The highest BCUT2D eigenvalue weighted by Crippen LogP contribution is 2.12. The summed E-state index contributed by atoms with van der Waals surface area (Å²) < 4.78 is 0. The smallest absolute Gasteiger partial charge is 0.317 e. The third-order valence-electron chi connectivity index (χ3n) is 2.88. The Bertz CT molecular complexity index is 546. The van der Waals surface area contributed by atoms with Crippen molar-refractivity contribution in [3.63, 3.8) is 0 Å². The highest BCUT2D eigenvalue weighted by molar-refractivity contribution is 5.75. The van der Waals surface area contributed by atoms with E-state index in [0.29, 0.717) is 5.56 Å². The zero-order valence-corrected chi connectivity index (χ0v) is 11.8. The van der Waals surface area contributed by atoms with Crippen LogP contribution >= 0.6 is 0 Å². The lowest BCUT2D eigenvalue weighted by atomic mass is 10.2. The van der Waals surface area contributed by atoms with Crippen LogP contribution in [0.1, 0.15) is 12.5 Å². The number of amides is 2. The van der Waals surface area contributed by atoms with Crippen LogP contribution in [-0.4, -0.2) is 40.5 Å². The van der Waals surface area contributed by atoms with Gasteiger partial charge >= 0.3 is 12.0 Å². The molecule has 114 valence electrons. The maximum absolute atomic E-state index is 11.8. The Hall–Kier alpha value is -2.64. The molecule has 1 atom stereocenters. The van der Waals surface area contributed by atoms with Gasteiger partial charge in [0, 0.05) is 32.3 Å². The van der Waals surface area contributed by atoms with Crippen molar-refractivity contribution in [2.75, 3.05) is 13.6 Å². The summed E-state index contributed by atoms with van der Waals surface area (Å²) in [6.07, 6.45) is 0. The quantitative estimate of drug-likeness (QED) is 0.609. The van der Waals surface area contributed by atoms with Crippen molar-refractivity contribution >= 4 is 17.7 Å². The Morgan fingerprint density at radius 2 is 2.14 bits per heavy atom. The molecular formula is C13H17N3O5. The second-order valence-corrected chi connectivity index (χ2v) is 4.71. The van der Waals surface area contributed by atoms with Crippen LogP contribution in [0.25, 0.3) is 0 Å². The summed E-state index contributed by atoms with van der Waals surface area (Å²) in [5, 5.41) is 22.0. The van der Waals surface area contributed by atoms with Gasteiger partial charge in [-0.05, 0) is 5.56 Å². The highest BCUT2D eigenvalue weighted by atomic mass is 16.6. The van der Waals surface area contributed by atoms with Crippen molar-refractivity contribution in [3.05, 3.63) is 39.9 Å². The van der Waals surface area contributed by atoms with Crippen molar-refractivity contribution in [3.8, 4) is 0 Å². The minimum atomic E-state index is -0.978. The Morgan fingerprint density at radius 1 is 1.48 bits per heavy atom. The monoisotopic (exact) mass is 295 g/mol. The predicted molar refractivity (Wildman–Crippen MR) is 74.8 cm³/mol. The zero-order valence-electron chi connectivity index (χ0n) is 11.8. The Kier molecular flexibility index (Phi) is 5.65. The molecule has 2 amide bonds. The van der Waals surface area contributed by atoms with E-state index in [1.165, 1.54) is 37.1 Å². The first kappa shape index (κ1) is 16.4. The van der Waals surface area contributed by atoms with Crippen LogP contribution in [0.3, 0.4) is 0 Å². The van der Waals surface area contributed by atoms with Crippen molar-refractivity contribution in [2.45, 2.75) is 13.5 Å². The number of hydrogen-bond donors (Lipinski definition) is 2. The van der Waals surface area contributed by atoms with Crippen molar-refractivity contribution in [1.82, 2.24) is 10.2 Å². The summed E-state index contributed by atoms with van der Waals surface area (Å²) in [6, 6.07) is 5.50. The third kappa shape index (κ3) is 5.09. The molecule has 0 fully saturated rings. The fraction of sp³-hybridized carbons (Fsp3) is 0.385. The van der Waals surface area contributed by atoms with Gasteiger partial charge < -0.3 is 15.3 Å². The molecule has 0 bridgehead atoms. The number of urea groups is 1. The minimum Gasteiger partial charge on any atom is -0.481 e. The second-order valence-electron chi connectivity index (χ2n) is 4.71. The Morgan fingerprint density at radius 3 is 2.71 bits per heavy atom. The first-order valence-electron chi connectivity index (χ1n) is 6.26. The fourth-order valence-corrected chi connectivity index (χ4v) is 1.66. The van der Waals surface area contributed by atoms with Gasteiger partial charge in [-0.15, -0.1) is 0 Å². The van der Waals surface area contributed by atoms with Crippen molar-refractivity contribution in [1.29, 1.82) is 0 Å². The number of nitro benzene ring substituents is 1. The van der Waals surface area contributed by atoms with E-state index < -0.39 is 22.8 Å². The number of carboxylic acids is 1. The largest absolute Gasteiger partial charge is 0.481 e. The maximum atomic E-state index is 11.8. The minimum absolute atomic E-state index is 0.0467. The lowest BCUT2D eigenvalue weighted by Crippen LogP contribution is -2.40. The topological polar surface area (TPSA) is 113 Å².